The number of carbonyl (C=O) groups excluding carboxylic acids is 1. The van der Waals surface area contributed by atoms with Gasteiger partial charge < -0.3 is 10.6 Å². The summed E-state index contributed by atoms with van der Waals surface area (Å²) in [6.45, 7) is 4.48. The Morgan fingerprint density at radius 1 is 1.33 bits per heavy atom. The second kappa shape index (κ2) is 6.83. The molecule has 1 heterocycles. The van der Waals surface area contributed by atoms with Crippen molar-refractivity contribution in [2.75, 3.05) is 6.54 Å². The number of benzene rings is 1. The van der Waals surface area contributed by atoms with Crippen molar-refractivity contribution in [2.45, 2.75) is 26.4 Å². The predicted molar refractivity (Wildman–Crippen MR) is 84.5 cm³/mol. The number of nitrogens with zero attached hydrogens (tertiary/aromatic N) is 1. The summed E-state index contributed by atoms with van der Waals surface area (Å²) in [5.74, 6) is -0.310. The number of hydrogen-bond donors (Lipinski definition) is 1. The van der Waals surface area contributed by atoms with E-state index in [4.69, 9.17) is 5.73 Å². The molecule has 0 atom stereocenters. The van der Waals surface area contributed by atoms with Crippen LogP contribution >= 0.6 is 11.3 Å². The second-order valence-corrected chi connectivity index (χ2v) is 6.26. The zero-order valence-electron chi connectivity index (χ0n) is 12.2. The normalized spacial score (nSPS) is 10.9. The van der Waals surface area contributed by atoms with Crippen molar-refractivity contribution in [2.24, 2.45) is 5.73 Å². The topological polar surface area (TPSA) is 46.3 Å². The van der Waals surface area contributed by atoms with Gasteiger partial charge in [0.15, 0.2) is 0 Å². The van der Waals surface area contributed by atoms with Gasteiger partial charge in [0, 0.05) is 15.8 Å². The molecule has 3 nitrogen and oxygen atoms in total. The minimum absolute atomic E-state index is 0.0142. The molecule has 2 aromatic rings. The maximum Gasteiger partial charge on any atom is 0.236 e. The van der Waals surface area contributed by atoms with Crippen LogP contribution < -0.4 is 5.73 Å². The third kappa shape index (κ3) is 3.89. The molecule has 0 radical (unpaired) electrons. The van der Waals surface area contributed by atoms with E-state index in [-0.39, 0.29) is 24.3 Å². The highest BCUT2D eigenvalue weighted by atomic mass is 32.1. The van der Waals surface area contributed by atoms with E-state index in [0.29, 0.717) is 6.54 Å². The molecule has 0 aliphatic rings. The average Bonchev–Trinajstić information content (AvgIpc) is 2.92. The number of hydrogen-bond acceptors (Lipinski definition) is 3. The molecule has 0 aliphatic heterocycles. The molecule has 0 unspecified atom stereocenters. The molecule has 21 heavy (non-hydrogen) atoms. The molecule has 0 bridgehead atoms. The first-order valence-corrected chi connectivity index (χ1v) is 7.67. The van der Waals surface area contributed by atoms with Crippen LogP contribution in [0.1, 0.15) is 18.7 Å². The maximum absolute atomic E-state index is 13.3. The summed E-state index contributed by atoms with van der Waals surface area (Å²) in [6.07, 6.45) is 0. The van der Waals surface area contributed by atoms with Gasteiger partial charge in [-0.3, -0.25) is 4.79 Å². The van der Waals surface area contributed by atoms with Crippen molar-refractivity contribution in [3.05, 3.63) is 47.1 Å². The van der Waals surface area contributed by atoms with Gasteiger partial charge in [0.1, 0.15) is 5.82 Å². The zero-order chi connectivity index (χ0) is 15.4. The predicted octanol–water partition coefficient (Wildman–Crippen LogP) is 3.25. The molecule has 1 aromatic heterocycles. The van der Waals surface area contributed by atoms with Crippen LogP contribution in [0.5, 0.6) is 0 Å². The van der Waals surface area contributed by atoms with Crippen molar-refractivity contribution in [3.63, 3.8) is 0 Å². The van der Waals surface area contributed by atoms with E-state index in [9.17, 15) is 9.18 Å². The third-order valence-corrected chi connectivity index (χ3v) is 4.33. The number of halogens is 1. The molecule has 2 N–H and O–H groups in total. The fourth-order valence-corrected chi connectivity index (χ4v) is 3.11. The lowest BCUT2D eigenvalue weighted by molar-refractivity contribution is -0.131. The standard InChI is InChI=1S/C16H19FN2OS/c1-11(2)19(16(20)9-18)10-14-6-7-15(21-14)12-4-3-5-13(17)8-12/h3-8,11H,9-10,18H2,1-2H3. The summed E-state index contributed by atoms with van der Waals surface area (Å²) in [6, 6.07) is 10.6. The third-order valence-electron chi connectivity index (χ3n) is 3.22. The Kier molecular flexibility index (Phi) is 5.09. The van der Waals surface area contributed by atoms with Gasteiger partial charge in [-0.25, -0.2) is 4.39 Å². The highest BCUT2D eigenvalue weighted by molar-refractivity contribution is 7.15. The second-order valence-electron chi connectivity index (χ2n) is 5.10. The van der Waals surface area contributed by atoms with Gasteiger partial charge in [-0.15, -0.1) is 11.3 Å². The molecule has 0 spiro atoms. The quantitative estimate of drug-likeness (QED) is 0.921. The smallest absolute Gasteiger partial charge is 0.236 e. The highest BCUT2D eigenvalue weighted by Crippen LogP contribution is 2.29. The highest BCUT2D eigenvalue weighted by Gasteiger charge is 2.16. The number of rotatable bonds is 5. The largest absolute Gasteiger partial charge is 0.334 e. The molecule has 0 saturated heterocycles. The average molecular weight is 306 g/mol. The first-order valence-electron chi connectivity index (χ1n) is 6.85. The lowest BCUT2D eigenvalue weighted by Crippen LogP contribution is -2.40. The fraction of sp³-hybridized carbons (Fsp3) is 0.312. The Labute approximate surface area is 128 Å². The van der Waals surface area contributed by atoms with Gasteiger partial charge in [0.25, 0.3) is 0 Å². The summed E-state index contributed by atoms with van der Waals surface area (Å²) in [5.41, 5.74) is 6.30. The van der Waals surface area contributed by atoms with Crippen molar-refractivity contribution >= 4 is 17.2 Å². The van der Waals surface area contributed by atoms with Gasteiger partial charge in [-0.05, 0) is 43.7 Å². The molecule has 0 saturated carbocycles. The Morgan fingerprint density at radius 3 is 2.71 bits per heavy atom. The van der Waals surface area contributed by atoms with E-state index < -0.39 is 0 Å². The van der Waals surface area contributed by atoms with Gasteiger partial charge in [0.05, 0.1) is 13.1 Å². The van der Waals surface area contributed by atoms with E-state index in [0.717, 1.165) is 15.3 Å². The molecule has 5 heteroatoms. The monoisotopic (exact) mass is 306 g/mol. The number of thiophene rings is 1. The Hall–Kier alpha value is -1.72. The lowest BCUT2D eigenvalue weighted by atomic mass is 10.2. The van der Waals surface area contributed by atoms with E-state index in [1.807, 2.05) is 32.0 Å². The molecule has 2 rings (SSSR count). The van der Waals surface area contributed by atoms with Crippen LogP contribution in [0.25, 0.3) is 10.4 Å². The minimum atomic E-state index is -0.246. The maximum atomic E-state index is 13.3. The summed E-state index contributed by atoms with van der Waals surface area (Å²) in [5, 5.41) is 0. The minimum Gasteiger partial charge on any atom is -0.334 e. The Morgan fingerprint density at radius 2 is 2.10 bits per heavy atom. The molecule has 0 fully saturated rings. The summed E-state index contributed by atoms with van der Waals surface area (Å²) in [7, 11) is 0. The summed E-state index contributed by atoms with van der Waals surface area (Å²) >= 11 is 1.57. The molecular formula is C16H19FN2OS. The summed E-state index contributed by atoms with van der Waals surface area (Å²) < 4.78 is 13.3. The van der Waals surface area contributed by atoms with Gasteiger partial charge >= 0.3 is 0 Å². The van der Waals surface area contributed by atoms with Crippen LogP contribution in [-0.2, 0) is 11.3 Å². The van der Waals surface area contributed by atoms with Crippen molar-refractivity contribution in [1.82, 2.24) is 4.90 Å². The first-order chi connectivity index (χ1) is 10.0. The van der Waals surface area contributed by atoms with Crippen LogP contribution in [0.2, 0.25) is 0 Å². The van der Waals surface area contributed by atoms with Gasteiger partial charge in [-0.2, -0.15) is 0 Å². The van der Waals surface area contributed by atoms with E-state index in [1.165, 1.54) is 12.1 Å². The summed E-state index contributed by atoms with van der Waals surface area (Å²) in [4.78, 5) is 15.6. The Bertz CT molecular complexity index is 624. The van der Waals surface area contributed by atoms with E-state index >= 15 is 0 Å². The van der Waals surface area contributed by atoms with Crippen LogP contribution in [-0.4, -0.2) is 23.4 Å². The van der Waals surface area contributed by atoms with Gasteiger partial charge in [0.2, 0.25) is 5.91 Å². The van der Waals surface area contributed by atoms with Gasteiger partial charge in [-0.1, -0.05) is 12.1 Å². The van der Waals surface area contributed by atoms with Crippen LogP contribution in [0.15, 0.2) is 36.4 Å². The van der Waals surface area contributed by atoms with Crippen molar-refractivity contribution in [1.29, 1.82) is 0 Å². The first kappa shape index (κ1) is 15.7. The lowest BCUT2D eigenvalue weighted by Gasteiger charge is -2.25. The molecule has 0 aliphatic carbocycles. The van der Waals surface area contributed by atoms with Crippen molar-refractivity contribution < 1.29 is 9.18 Å². The Balaban J connectivity index is 2.18. The fourth-order valence-electron chi connectivity index (χ4n) is 2.10. The van der Waals surface area contributed by atoms with E-state index in [2.05, 4.69) is 0 Å². The SMILES string of the molecule is CC(C)N(Cc1ccc(-c2cccc(F)c2)s1)C(=O)CN. The molecular weight excluding hydrogens is 287 g/mol. The molecule has 1 aromatic carbocycles. The number of amides is 1. The molecule has 1 amide bonds. The van der Waals surface area contributed by atoms with E-state index in [1.54, 1.807) is 22.3 Å². The van der Waals surface area contributed by atoms with Crippen molar-refractivity contribution in [3.8, 4) is 10.4 Å². The van der Waals surface area contributed by atoms with Crippen LogP contribution in [0, 0.1) is 5.82 Å². The van der Waals surface area contributed by atoms with Crippen LogP contribution in [0.3, 0.4) is 0 Å². The molecule has 112 valence electrons. The number of carbonyl (C=O) groups is 1. The van der Waals surface area contributed by atoms with Crippen LogP contribution in [0.4, 0.5) is 4.39 Å². The zero-order valence-corrected chi connectivity index (χ0v) is 13.0. The number of nitrogens with two attached hydrogens (primary N) is 1.